The molecule has 1 aliphatic rings. The molecule has 0 amide bonds. The molecular formula is C17H16N2O. The van der Waals surface area contributed by atoms with Gasteiger partial charge in [-0.3, -0.25) is 4.98 Å². The summed E-state index contributed by atoms with van der Waals surface area (Å²) in [6, 6.07) is 16.0. The molecule has 0 radical (unpaired) electrons. The van der Waals surface area contributed by atoms with Crippen molar-refractivity contribution in [1.29, 1.82) is 5.26 Å². The van der Waals surface area contributed by atoms with Crippen LogP contribution in [0.3, 0.4) is 0 Å². The van der Waals surface area contributed by atoms with Gasteiger partial charge in [-0.15, -0.1) is 0 Å². The average molecular weight is 264 g/mol. The Labute approximate surface area is 118 Å². The molecule has 0 saturated carbocycles. The number of rotatable bonds is 2. The first-order valence-corrected chi connectivity index (χ1v) is 6.82. The van der Waals surface area contributed by atoms with Gasteiger partial charge in [-0.2, -0.15) is 5.26 Å². The molecule has 2 unspecified atom stereocenters. The van der Waals surface area contributed by atoms with E-state index in [0.29, 0.717) is 18.5 Å². The van der Waals surface area contributed by atoms with Crippen molar-refractivity contribution in [3.63, 3.8) is 0 Å². The summed E-state index contributed by atoms with van der Waals surface area (Å²) in [6.45, 7) is 0. The van der Waals surface area contributed by atoms with E-state index < -0.39 is 11.5 Å². The van der Waals surface area contributed by atoms with Gasteiger partial charge in [-0.25, -0.2) is 0 Å². The van der Waals surface area contributed by atoms with Crippen LogP contribution in [0.15, 0.2) is 48.7 Å². The zero-order valence-electron chi connectivity index (χ0n) is 11.2. The van der Waals surface area contributed by atoms with Gasteiger partial charge in [-0.05, 0) is 42.5 Å². The van der Waals surface area contributed by atoms with E-state index in [-0.39, 0.29) is 0 Å². The van der Waals surface area contributed by atoms with E-state index in [9.17, 15) is 10.4 Å². The first-order chi connectivity index (χ1) is 9.75. The quantitative estimate of drug-likeness (QED) is 0.907. The Bertz CT molecular complexity index is 648. The largest absolute Gasteiger partial charge is 0.385 e. The second-order valence-electron chi connectivity index (χ2n) is 5.37. The SMILES string of the molecule is N#CC1(C(O)c2ccccn2)CCc2ccccc2C1. The summed E-state index contributed by atoms with van der Waals surface area (Å²) >= 11 is 0. The van der Waals surface area contributed by atoms with Gasteiger partial charge < -0.3 is 5.11 Å². The topological polar surface area (TPSA) is 56.9 Å². The van der Waals surface area contributed by atoms with Crippen LogP contribution in [-0.4, -0.2) is 10.1 Å². The number of aliphatic hydroxyl groups is 1. The summed E-state index contributed by atoms with van der Waals surface area (Å²) in [5.41, 5.74) is 2.25. The van der Waals surface area contributed by atoms with Crippen LogP contribution in [-0.2, 0) is 12.8 Å². The third kappa shape index (κ3) is 2.09. The number of aromatic nitrogens is 1. The molecule has 1 aliphatic carbocycles. The van der Waals surface area contributed by atoms with Crippen molar-refractivity contribution in [1.82, 2.24) is 4.98 Å². The van der Waals surface area contributed by atoms with Crippen LogP contribution >= 0.6 is 0 Å². The van der Waals surface area contributed by atoms with Gasteiger partial charge in [0.15, 0.2) is 0 Å². The molecule has 3 rings (SSSR count). The molecule has 1 aromatic heterocycles. The van der Waals surface area contributed by atoms with Crippen molar-refractivity contribution in [3.8, 4) is 6.07 Å². The predicted molar refractivity (Wildman–Crippen MR) is 75.7 cm³/mol. The standard InChI is InChI=1S/C17H16N2O/c18-12-17(16(20)15-7-3-4-10-19-15)9-8-13-5-1-2-6-14(13)11-17/h1-7,10,16,20H,8-9,11H2. The molecule has 0 bridgehead atoms. The van der Waals surface area contributed by atoms with Crippen molar-refractivity contribution < 1.29 is 5.11 Å². The number of benzene rings is 1. The Hall–Kier alpha value is -2.18. The molecule has 0 saturated heterocycles. The molecule has 2 aromatic rings. The first kappa shape index (κ1) is 12.8. The lowest BCUT2D eigenvalue weighted by atomic mass is 9.68. The van der Waals surface area contributed by atoms with Gasteiger partial charge >= 0.3 is 0 Å². The highest BCUT2D eigenvalue weighted by molar-refractivity contribution is 5.34. The Kier molecular flexibility index (Phi) is 3.25. The van der Waals surface area contributed by atoms with Crippen LogP contribution in [0.2, 0.25) is 0 Å². The average Bonchev–Trinajstić information content (AvgIpc) is 2.54. The number of nitrogens with zero attached hydrogens (tertiary/aromatic N) is 2. The monoisotopic (exact) mass is 264 g/mol. The van der Waals surface area contributed by atoms with Crippen LogP contribution in [0.5, 0.6) is 0 Å². The summed E-state index contributed by atoms with van der Waals surface area (Å²) in [4.78, 5) is 4.20. The van der Waals surface area contributed by atoms with E-state index >= 15 is 0 Å². The first-order valence-electron chi connectivity index (χ1n) is 6.82. The number of nitriles is 1. The number of hydrogen-bond donors (Lipinski definition) is 1. The third-order valence-corrected chi connectivity index (χ3v) is 4.18. The van der Waals surface area contributed by atoms with Gasteiger partial charge in [0.2, 0.25) is 0 Å². The fourth-order valence-corrected chi connectivity index (χ4v) is 2.97. The number of fused-ring (bicyclic) bond motifs is 1. The van der Waals surface area contributed by atoms with Gasteiger partial charge in [0.1, 0.15) is 6.10 Å². The maximum Gasteiger partial charge on any atom is 0.115 e. The maximum atomic E-state index is 10.6. The highest BCUT2D eigenvalue weighted by Gasteiger charge is 2.42. The molecule has 0 fully saturated rings. The molecule has 0 spiro atoms. The van der Waals surface area contributed by atoms with Crippen LogP contribution in [0.25, 0.3) is 0 Å². The molecule has 20 heavy (non-hydrogen) atoms. The second-order valence-corrected chi connectivity index (χ2v) is 5.37. The molecule has 1 N–H and O–H groups in total. The third-order valence-electron chi connectivity index (χ3n) is 4.18. The Morgan fingerprint density at radius 2 is 1.90 bits per heavy atom. The molecule has 3 heteroatoms. The molecule has 3 nitrogen and oxygen atoms in total. The number of aryl methyl sites for hydroxylation is 1. The minimum absolute atomic E-state index is 0.577. The fraction of sp³-hybridized carbons (Fsp3) is 0.294. The lowest BCUT2D eigenvalue weighted by Gasteiger charge is -2.35. The summed E-state index contributed by atoms with van der Waals surface area (Å²) in [6.07, 6.45) is 2.88. The van der Waals surface area contributed by atoms with Gasteiger partial charge in [0, 0.05) is 6.20 Å². The minimum atomic E-state index is -0.845. The molecule has 0 aliphatic heterocycles. The van der Waals surface area contributed by atoms with E-state index in [0.717, 1.165) is 12.0 Å². The number of pyridine rings is 1. The smallest absolute Gasteiger partial charge is 0.115 e. The van der Waals surface area contributed by atoms with E-state index in [1.165, 1.54) is 5.56 Å². The number of aliphatic hydroxyl groups excluding tert-OH is 1. The van der Waals surface area contributed by atoms with E-state index in [1.807, 2.05) is 30.3 Å². The maximum absolute atomic E-state index is 10.6. The zero-order chi connectivity index (χ0) is 14.0. The summed E-state index contributed by atoms with van der Waals surface area (Å²) in [5.74, 6) is 0. The van der Waals surface area contributed by atoms with Crippen LogP contribution in [0.1, 0.15) is 29.3 Å². The van der Waals surface area contributed by atoms with E-state index in [2.05, 4.69) is 17.1 Å². The molecule has 1 aromatic carbocycles. The summed E-state index contributed by atoms with van der Waals surface area (Å²) in [7, 11) is 0. The van der Waals surface area contributed by atoms with Crippen LogP contribution in [0.4, 0.5) is 0 Å². The molecule has 100 valence electrons. The summed E-state index contributed by atoms with van der Waals surface area (Å²) in [5, 5.41) is 20.3. The van der Waals surface area contributed by atoms with E-state index in [4.69, 9.17) is 0 Å². The highest BCUT2D eigenvalue weighted by atomic mass is 16.3. The summed E-state index contributed by atoms with van der Waals surface area (Å²) < 4.78 is 0. The Morgan fingerprint density at radius 1 is 1.15 bits per heavy atom. The Balaban J connectivity index is 1.97. The zero-order valence-corrected chi connectivity index (χ0v) is 11.2. The highest BCUT2D eigenvalue weighted by Crippen LogP contribution is 2.43. The van der Waals surface area contributed by atoms with Gasteiger partial charge in [0.05, 0.1) is 17.2 Å². The van der Waals surface area contributed by atoms with Crippen molar-refractivity contribution in [2.45, 2.75) is 25.4 Å². The minimum Gasteiger partial charge on any atom is -0.385 e. The number of hydrogen-bond acceptors (Lipinski definition) is 3. The lowest BCUT2D eigenvalue weighted by molar-refractivity contribution is 0.0491. The molecular weight excluding hydrogens is 248 g/mol. The van der Waals surface area contributed by atoms with Crippen molar-refractivity contribution in [3.05, 3.63) is 65.5 Å². The van der Waals surface area contributed by atoms with Crippen LogP contribution < -0.4 is 0 Å². The lowest BCUT2D eigenvalue weighted by Crippen LogP contribution is -2.34. The molecule has 1 heterocycles. The van der Waals surface area contributed by atoms with E-state index in [1.54, 1.807) is 12.3 Å². The second kappa shape index (κ2) is 5.07. The van der Waals surface area contributed by atoms with Gasteiger partial charge in [-0.1, -0.05) is 30.3 Å². The van der Waals surface area contributed by atoms with Crippen molar-refractivity contribution >= 4 is 0 Å². The molecule has 2 atom stereocenters. The fourth-order valence-electron chi connectivity index (χ4n) is 2.97. The van der Waals surface area contributed by atoms with Gasteiger partial charge in [0.25, 0.3) is 0 Å². The van der Waals surface area contributed by atoms with Crippen LogP contribution in [0, 0.1) is 16.7 Å². The normalized spacial score (nSPS) is 22.6. The predicted octanol–water partition coefficient (Wildman–Crippen LogP) is 2.81. The Morgan fingerprint density at radius 3 is 2.60 bits per heavy atom. The van der Waals surface area contributed by atoms with Crippen molar-refractivity contribution in [2.24, 2.45) is 5.41 Å². The van der Waals surface area contributed by atoms with Crippen molar-refractivity contribution in [2.75, 3.05) is 0 Å².